The van der Waals surface area contributed by atoms with Crippen molar-refractivity contribution >= 4 is 17.6 Å². The quantitative estimate of drug-likeness (QED) is 0.782. The summed E-state index contributed by atoms with van der Waals surface area (Å²) in [5, 5.41) is 17.9. The molecule has 0 saturated carbocycles. The van der Waals surface area contributed by atoms with Gasteiger partial charge in [-0.2, -0.15) is 0 Å². The third-order valence-electron chi connectivity index (χ3n) is 3.24. The van der Waals surface area contributed by atoms with Crippen LogP contribution in [0.15, 0.2) is 48.8 Å². The molecule has 2 rings (SSSR count). The molecule has 2 N–H and O–H groups in total. The first-order valence-electron chi connectivity index (χ1n) is 7.83. The van der Waals surface area contributed by atoms with Gasteiger partial charge in [0, 0.05) is 42.5 Å². The van der Waals surface area contributed by atoms with E-state index in [0.717, 1.165) is 13.0 Å². The highest BCUT2D eigenvalue weighted by molar-refractivity contribution is 5.89. The highest BCUT2D eigenvalue weighted by Crippen LogP contribution is 2.18. The number of carboxylic acids is 2. The maximum atomic E-state index is 9.55. The summed E-state index contributed by atoms with van der Waals surface area (Å²) in [6.07, 6.45) is 5.91. The third-order valence-corrected chi connectivity index (χ3v) is 3.24. The molecule has 0 saturated heterocycles. The van der Waals surface area contributed by atoms with Crippen LogP contribution >= 0.6 is 0 Å². The molecule has 0 aliphatic rings. The van der Waals surface area contributed by atoms with Crippen LogP contribution in [0.5, 0.6) is 0 Å². The van der Waals surface area contributed by atoms with Gasteiger partial charge in [0.15, 0.2) is 0 Å². The number of hydrogen-bond acceptors (Lipinski definition) is 4. The number of carboxylic acid groups (broad SMARTS) is 2. The molecule has 0 radical (unpaired) electrons. The second-order valence-corrected chi connectivity index (χ2v) is 5.27. The molecular weight excluding hydrogens is 322 g/mol. The number of aliphatic carboxylic acids is 2. The number of rotatable bonds is 6. The van der Waals surface area contributed by atoms with Crippen molar-refractivity contribution in [2.75, 3.05) is 11.6 Å². The number of pyridine rings is 1. The van der Waals surface area contributed by atoms with Crippen molar-refractivity contribution < 1.29 is 19.8 Å². The summed E-state index contributed by atoms with van der Waals surface area (Å²) in [6, 6.07) is 8.40. The first-order chi connectivity index (χ1) is 11.9. The molecule has 0 aliphatic carbocycles. The average molecular weight is 345 g/mol. The molecule has 2 aromatic heterocycles. The Morgan fingerprint density at radius 3 is 1.92 bits per heavy atom. The van der Waals surface area contributed by atoms with Crippen LogP contribution in [-0.2, 0) is 9.59 Å². The fourth-order valence-corrected chi connectivity index (χ4v) is 2.26. The summed E-state index contributed by atoms with van der Waals surface area (Å²) in [5.41, 5.74) is 3.70. The van der Waals surface area contributed by atoms with Crippen molar-refractivity contribution in [2.45, 2.75) is 27.2 Å². The van der Waals surface area contributed by atoms with Gasteiger partial charge in [0.05, 0.1) is 5.69 Å². The average Bonchev–Trinajstić information content (AvgIpc) is 2.91. The van der Waals surface area contributed by atoms with Gasteiger partial charge in [-0.25, -0.2) is 9.59 Å². The first-order valence-corrected chi connectivity index (χ1v) is 7.83. The van der Waals surface area contributed by atoms with Gasteiger partial charge in [-0.15, -0.1) is 0 Å². The molecule has 7 heteroatoms. The summed E-state index contributed by atoms with van der Waals surface area (Å²) < 4.78 is 2.26. The van der Waals surface area contributed by atoms with Gasteiger partial charge in [-0.05, 0) is 44.5 Å². The lowest BCUT2D eigenvalue weighted by molar-refractivity contribution is -0.134. The topological polar surface area (TPSA) is 95.7 Å². The smallest absolute Gasteiger partial charge is 0.328 e. The summed E-state index contributed by atoms with van der Waals surface area (Å²) >= 11 is 0. The van der Waals surface area contributed by atoms with E-state index in [9.17, 15) is 9.59 Å². The standard InChI is InChI=1S/C14H19N3.C4H4O4/c1-4-11-16(14-7-9-15-10-8-14)17-12(2)5-6-13(17)3;5-3(6)1-2-4(7)8/h5-10H,4,11H2,1-3H3;1-2H,(H,5,6)(H,7,8)/b;2-1-. The Morgan fingerprint density at radius 1 is 1.04 bits per heavy atom. The van der Waals surface area contributed by atoms with Crippen LogP contribution in [-0.4, -0.2) is 38.4 Å². The van der Waals surface area contributed by atoms with E-state index in [1.807, 2.05) is 12.4 Å². The van der Waals surface area contributed by atoms with E-state index in [1.54, 1.807) is 0 Å². The van der Waals surface area contributed by atoms with Gasteiger partial charge < -0.3 is 10.2 Å². The SMILES string of the molecule is CCCN(c1ccncc1)n1c(C)ccc1C.O=C(O)/C=C\C(=O)O. The van der Waals surface area contributed by atoms with Crippen molar-refractivity contribution in [3.8, 4) is 0 Å². The van der Waals surface area contributed by atoms with E-state index >= 15 is 0 Å². The molecule has 0 atom stereocenters. The number of nitrogens with zero attached hydrogens (tertiary/aromatic N) is 3. The summed E-state index contributed by atoms with van der Waals surface area (Å²) in [6.45, 7) is 7.47. The zero-order chi connectivity index (χ0) is 18.8. The number of anilines is 1. The minimum absolute atomic E-state index is 0.558. The van der Waals surface area contributed by atoms with E-state index in [1.165, 1.54) is 17.1 Å². The highest BCUT2D eigenvalue weighted by Gasteiger charge is 2.11. The van der Waals surface area contributed by atoms with Crippen LogP contribution in [0.25, 0.3) is 0 Å². The summed E-state index contributed by atoms with van der Waals surface area (Å²) in [5.74, 6) is -2.51. The van der Waals surface area contributed by atoms with Gasteiger partial charge >= 0.3 is 11.9 Å². The number of aromatic nitrogens is 2. The van der Waals surface area contributed by atoms with Crippen molar-refractivity contribution in [1.82, 2.24) is 9.66 Å². The Balaban J connectivity index is 0.000000333. The molecular formula is C18H23N3O4. The lowest BCUT2D eigenvalue weighted by Gasteiger charge is -2.28. The predicted octanol–water partition coefficient (Wildman–Crippen LogP) is 2.89. The minimum Gasteiger partial charge on any atom is -0.478 e. The van der Waals surface area contributed by atoms with Gasteiger partial charge in [0.2, 0.25) is 0 Å². The Kier molecular flexibility index (Phi) is 7.92. The number of aryl methyl sites for hydroxylation is 2. The van der Waals surface area contributed by atoms with Crippen molar-refractivity contribution in [3.63, 3.8) is 0 Å². The molecule has 0 spiro atoms. The molecule has 25 heavy (non-hydrogen) atoms. The Labute approximate surface area is 146 Å². The molecule has 0 aromatic carbocycles. The largest absolute Gasteiger partial charge is 0.478 e. The van der Waals surface area contributed by atoms with Gasteiger partial charge in [0.25, 0.3) is 0 Å². The minimum atomic E-state index is -1.26. The van der Waals surface area contributed by atoms with Crippen molar-refractivity contribution in [1.29, 1.82) is 0 Å². The fraction of sp³-hybridized carbons (Fsp3) is 0.278. The van der Waals surface area contributed by atoms with E-state index < -0.39 is 11.9 Å². The Morgan fingerprint density at radius 2 is 1.52 bits per heavy atom. The molecule has 2 aromatic rings. The summed E-state index contributed by atoms with van der Waals surface area (Å²) in [7, 11) is 0. The van der Waals surface area contributed by atoms with E-state index in [-0.39, 0.29) is 0 Å². The second-order valence-electron chi connectivity index (χ2n) is 5.27. The number of carbonyl (C=O) groups is 2. The molecule has 134 valence electrons. The first kappa shape index (κ1) is 20.0. The molecule has 2 heterocycles. The molecule has 0 bridgehead atoms. The monoisotopic (exact) mass is 345 g/mol. The molecule has 0 fully saturated rings. The fourth-order valence-electron chi connectivity index (χ4n) is 2.26. The van der Waals surface area contributed by atoms with Gasteiger partial charge in [0.1, 0.15) is 0 Å². The normalized spacial score (nSPS) is 10.2. The van der Waals surface area contributed by atoms with Gasteiger partial charge in [-0.1, -0.05) is 6.92 Å². The van der Waals surface area contributed by atoms with Crippen LogP contribution in [0.4, 0.5) is 5.69 Å². The van der Waals surface area contributed by atoms with Crippen LogP contribution in [0.3, 0.4) is 0 Å². The third kappa shape index (κ3) is 6.50. The van der Waals surface area contributed by atoms with Crippen molar-refractivity contribution in [2.24, 2.45) is 0 Å². The lowest BCUT2D eigenvalue weighted by Crippen LogP contribution is -2.32. The second kappa shape index (κ2) is 9.92. The number of hydrogen-bond donors (Lipinski definition) is 2. The Bertz CT molecular complexity index is 688. The van der Waals surface area contributed by atoms with Crippen LogP contribution in [0, 0.1) is 13.8 Å². The summed E-state index contributed by atoms with van der Waals surface area (Å²) in [4.78, 5) is 23.2. The van der Waals surface area contributed by atoms with Crippen LogP contribution in [0.2, 0.25) is 0 Å². The molecule has 0 amide bonds. The highest BCUT2D eigenvalue weighted by atomic mass is 16.4. The molecule has 0 unspecified atom stereocenters. The zero-order valence-corrected chi connectivity index (χ0v) is 14.6. The maximum Gasteiger partial charge on any atom is 0.328 e. The van der Waals surface area contributed by atoms with E-state index in [2.05, 4.69) is 59.7 Å². The molecule has 0 aliphatic heterocycles. The van der Waals surface area contributed by atoms with Gasteiger partial charge in [-0.3, -0.25) is 14.7 Å². The van der Waals surface area contributed by atoms with E-state index in [4.69, 9.17) is 10.2 Å². The maximum absolute atomic E-state index is 9.55. The molecule has 7 nitrogen and oxygen atoms in total. The van der Waals surface area contributed by atoms with Crippen molar-refractivity contribution in [3.05, 3.63) is 60.2 Å². The zero-order valence-electron chi connectivity index (χ0n) is 14.6. The van der Waals surface area contributed by atoms with Crippen LogP contribution in [0.1, 0.15) is 24.7 Å². The Hall–Kier alpha value is -3.09. The lowest BCUT2D eigenvalue weighted by atomic mass is 10.3. The van der Waals surface area contributed by atoms with Crippen LogP contribution < -0.4 is 5.01 Å². The predicted molar refractivity (Wildman–Crippen MR) is 95.6 cm³/mol. The van der Waals surface area contributed by atoms with E-state index in [0.29, 0.717) is 12.2 Å².